The number of hydrogen-bond acceptors (Lipinski definition) is 7. The van der Waals surface area contributed by atoms with E-state index in [4.69, 9.17) is 4.74 Å². The number of fused-ring (bicyclic) bond motifs is 2. The minimum absolute atomic E-state index is 0.0603. The molecule has 9 nitrogen and oxygen atoms in total. The van der Waals surface area contributed by atoms with E-state index in [9.17, 15) is 9.59 Å². The average Bonchev–Trinajstić information content (AvgIpc) is 2.79. The molecule has 1 amide bonds. The number of carbonyl (C=O) groups excluding carboxylic acids is 1. The Bertz CT molecular complexity index is 1180. The molecule has 3 aliphatic rings. The third-order valence-electron chi connectivity index (χ3n) is 5.86. The number of carbonyl (C=O) groups is 1. The molecule has 0 N–H and O–H groups in total. The summed E-state index contributed by atoms with van der Waals surface area (Å²) in [6, 6.07) is 12.4. The van der Waals surface area contributed by atoms with Crippen LogP contribution >= 0.6 is 0 Å². The van der Waals surface area contributed by atoms with Crippen LogP contribution in [0.2, 0.25) is 0 Å². The van der Waals surface area contributed by atoms with E-state index in [0.29, 0.717) is 18.8 Å². The standard InChI is InChI=1S/C22H22N6O3/c1-14-8-19(24-13-23-14)26-11-16-9-17(12-26)27(16)22(30)21-18(31-2)10-20(29)28(25-21)15-6-4-3-5-7-15/h3-8,10,13,16-17H,9,11-12H2,1-2H3. The Balaban J connectivity index is 1.43. The van der Waals surface area contributed by atoms with Crippen molar-refractivity contribution in [1.82, 2.24) is 24.6 Å². The highest BCUT2D eigenvalue weighted by Gasteiger charge is 2.48. The molecule has 5 heterocycles. The van der Waals surface area contributed by atoms with Gasteiger partial charge in [0.25, 0.3) is 11.5 Å². The van der Waals surface area contributed by atoms with Gasteiger partial charge in [-0.1, -0.05) is 18.2 Å². The summed E-state index contributed by atoms with van der Waals surface area (Å²) >= 11 is 0. The minimum atomic E-state index is -0.353. The Morgan fingerprint density at radius 2 is 1.84 bits per heavy atom. The molecule has 3 saturated heterocycles. The first kappa shape index (κ1) is 19.2. The van der Waals surface area contributed by atoms with E-state index in [1.807, 2.05) is 36.1 Å². The topological polar surface area (TPSA) is 93.5 Å². The normalized spacial score (nSPS) is 19.7. The molecule has 3 fully saturated rings. The molecule has 2 unspecified atom stereocenters. The van der Waals surface area contributed by atoms with Crippen LogP contribution in [-0.2, 0) is 0 Å². The molecule has 6 rings (SSSR count). The number of benzene rings is 1. The quantitative estimate of drug-likeness (QED) is 0.633. The number of anilines is 1. The lowest BCUT2D eigenvalue weighted by Gasteiger charge is -2.56. The van der Waals surface area contributed by atoms with E-state index in [1.165, 1.54) is 17.9 Å². The number of nitrogens with zero attached hydrogens (tertiary/aromatic N) is 6. The van der Waals surface area contributed by atoms with Crippen molar-refractivity contribution < 1.29 is 9.53 Å². The van der Waals surface area contributed by atoms with Gasteiger partial charge in [-0.3, -0.25) is 9.59 Å². The van der Waals surface area contributed by atoms with Gasteiger partial charge in [0.15, 0.2) is 11.4 Å². The molecule has 2 atom stereocenters. The predicted molar refractivity (Wildman–Crippen MR) is 114 cm³/mol. The molecule has 0 saturated carbocycles. The molecule has 31 heavy (non-hydrogen) atoms. The van der Waals surface area contributed by atoms with E-state index in [0.717, 1.165) is 17.9 Å². The van der Waals surface area contributed by atoms with Gasteiger partial charge >= 0.3 is 0 Å². The number of aryl methyl sites for hydroxylation is 1. The van der Waals surface area contributed by atoms with Crippen LogP contribution in [0.25, 0.3) is 5.69 Å². The lowest BCUT2D eigenvalue weighted by molar-refractivity contribution is 0.00479. The van der Waals surface area contributed by atoms with Crippen molar-refractivity contribution in [2.45, 2.75) is 25.4 Å². The van der Waals surface area contributed by atoms with Crippen LogP contribution in [0, 0.1) is 6.92 Å². The summed E-state index contributed by atoms with van der Waals surface area (Å²) in [5.74, 6) is 0.847. The zero-order valence-electron chi connectivity index (χ0n) is 17.3. The lowest BCUT2D eigenvalue weighted by atomic mass is 9.87. The molecular formula is C22H22N6O3. The number of piperidine rings is 1. The zero-order chi connectivity index (χ0) is 21.5. The van der Waals surface area contributed by atoms with Gasteiger partial charge in [0, 0.05) is 24.8 Å². The van der Waals surface area contributed by atoms with Crippen LogP contribution in [0.1, 0.15) is 22.6 Å². The molecule has 0 radical (unpaired) electrons. The van der Waals surface area contributed by atoms with Gasteiger partial charge in [-0.15, -0.1) is 0 Å². The van der Waals surface area contributed by atoms with Crippen LogP contribution in [0.4, 0.5) is 5.82 Å². The van der Waals surface area contributed by atoms with Gasteiger partial charge in [0.2, 0.25) is 0 Å². The second-order valence-corrected chi connectivity index (χ2v) is 7.83. The largest absolute Gasteiger partial charge is 0.494 e. The highest BCUT2D eigenvalue weighted by atomic mass is 16.5. The molecule has 1 aromatic carbocycles. The molecule has 158 valence electrons. The predicted octanol–water partition coefficient (Wildman–Crippen LogP) is 1.44. The number of piperazine rings is 1. The van der Waals surface area contributed by atoms with Crippen LogP contribution < -0.4 is 15.2 Å². The second-order valence-electron chi connectivity index (χ2n) is 7.83. The highest BCUT2D eigenvalue weighted by molar-refractivity contribution is 5.96. The van der Waals surface area contributed by atoms with Crippen molar-refractivity contribution in [3.05, 3.63) is 70.5 Å². The molecule has 0 aliphatic carbocycles. The van der Waals surface area contributed by atoms with E-state index in [2.05, 4.69) is 20.0 Å². The van der Waals surface area contributed by atoms with Gasteiger partial charge in [0.1, 0.15) is 12.1 Å². The van der Waals surface area contributed by atoms with E-state index in [-0.39, 0.29) is 35.0 Å². The van der Waals surface area contributed by atoms with Crippen molar-refractivity contribution in [2.24, 2.45) is 0 Å². The number of ether oxygens (including phenoxy) is 1. The number of aromatic nitrogens is 4. The van der Waals surface area contributed by atoms with Gasteiger partial charge in [0.05, 0.1) is 30.9 Å². The third-order valence-corrected chi connectivity index (χ3v) is 5.86. The fourth-order valence-corrected chi connectivity index (χ4v) is 4.36. The fourth-order valence-electron chi connectivity index (χ4n) is 4.36. The molecule has 3 aromatic rings. The average molecular weight is 418 g/mol. The number of amides is 1. The maximum atomic E-state index is 13.4. The first-order valence-electron chi connectivity index (χ1n) is 10.1. The monoisotopic (exact) mass is 418 g/mol. The van der Waals surface area contributed by atoms with Gasteiger partial charge < -0.3 is 14.5 Å². The summed E-state index contributed by atoms with van der Waals surface area (Å²) in [6.07, 6.45) is 2.50. The lowest BCUT2D eigenvalue weighted by Crippen LogP contribution is -2.70. The second kappa shape index (κ2) is 7.50. The maximum absolute atomic E-state index is 13.4. The Kier molecular flexibility index (Phi) is 4.65. The number of rotatable bonds is 4. The summed E-state index contributed by atoms with van der Waals surface area (Å²) in [7, 11) is 1.44. The summed E-state index contributed by atoms with van der Waals surface area (Å²) in [5.41, 5.74) is 1.30. The summed E-state index contributed by atoms with van der Waals surface area (Å²) in [4.78, 5) is 38.5. The first-order chi connectivity index (χ1) is 15.0. The molecular weight excluding hydrogens is 396 g/mol. The summed E-state index contributed by atoms with van der Waals surface area (Å²) < 4.78 is 6.57. The number of hydrogen-bond donors (Lipinski definition) is 0. The zero-order valence-corrected chi connectivity index (χ0v) is 17.3. The van der Waals surface area contributed by atoms with Crippen molar-refractivity contribution in [3.63, 3.8) is 0 Å². The highest BCUT2D eigenvalue weighted by Crippen LogP contribution is 2.36. The smallest absolute Gasteiger partial charge is 0.278 e. The molecule has 2 bridgehead atoms. The Morgan fingerprint density at radius 3 is 2.52 bits per heavy atom. The Labute approximate surface area is 178 Å². The minimum Gasteiger partial charge on any atom is -0.494 e. The van der Waals surface area contributed by atoms with Crippen molar-refractivity contribution >= 4 is 11.7 Å². The first-order valence-corrected chi connectivity index (χ1v) is 10.1. The van der Waals surface area contributed by atoms with E-state index < -0.39 is 0 Å². The van der Waals surface area contributed by atoms with Gasteiger partial charge in [-0.25, -0.2) is 9.97 Å². The van der Waals surface area contributed by atoms with Crippen LogP contribution in [0.15, 0.2) is 53.6 Å². The van der Waals surface area contributed by atoms with E-state index in [1.54, 1.807) is 18.5 Å². The van der Waals surface area contributed by atoms with Crippen LogP contribution in [-0.4, -0.2) is 62.8 Å². The van der Waals surface area contributed by atoms with E-state index >= 15 is 0 Å². The van der Waals surface area contributed by atoms with Crippen molar-refractivity contribution in [2.75, 3.05) is 25.1 Å². The van der Waals surface area contributed by atoms with Crippen molar-refractivity contribution in [3.8, 4) is 11.4 Å². The summed E-state index contributed by atoms with van der Waals surface area (Å²) in [6.45, 7) is 3.32. The number of para-hydroxylation sites is 1. The molecule has 9 heteroatoms. The van der Waals surface area contributed by atoms with Gasteiger partial charge in [-0.2, -0.15) is 9.78 Å². The number of methoxy groups -OCH3 is 1. The van der Waals surface area contributed by atoms with Crippen LogP contribution in [0.5, 0.6) is 5.75 Å². The molecule has 2 aromatic heterocycles. The third kappa shape index (κ3) is 3.31. The fraction of sp³-hybridized carbons (Fsp3) is 0.318. The maximum Gasteiger partial charge on any atom is 0.278 e. The molecule has 0 spiro atoms. The van der Waals surface area contributed by atoms with Crippen LogP contribution in [0.3, 0.4) is 0 Å². The summed E-state index contributed by atoms with van der Waals surface area (Å²) in [5, 5.41) is 4.39. The van der Waals surface area contributed by atoms with Gasteiger partial charge in [-0.05, 0) is 25.5 Å². The Morgan fingerprint density at radius 1 is 1.10 bits per heavy atom. The SMILES string of the molecule is COc1cc(=O)n(-c2ccccc2)nc1C(=O)N1C2CC1CN(c1cc(C)ncn1)C2. The molecule has 3 aliphatic heterocycles. The van der Waals surface area contributed by atoms with Crippen molar-refractivity contribution in [1.29, 1.82) is 0 Å². The Hall–Kier alpha value is -3.75.